The first-order chi connectivity index (χ1) is 10.6. The van der Waals surface area contributed by atoms with Gasteiger partial charge in [-0.25, -0.2) is 10.2 Å². The Morgan fingerprint density at radius 2 is 1.64 bits per heavy atom. The molecular weight excluding hydrogens is 348 g/mol. The lowest BCUT2D eigenvalue weighted by atomic mass is 10.1. The van der Waals surface area contributed by atoms with Crippen LogP contribution in [0.3, 0.4) is 0 Å². The Morgan fingerprint density at radius 1 is 1.05 bits per heavy atom. The van der Waals surface area contributed by atoms with Crippen LogP contribution in [0.4, 0.5) is 0 Å². The molecule has 0 heterocycles. The van der Waals surface area contributed by atoms with Crippen LogP contribution >= 0.6 is 15.9 Å². The van der Waals surface area contributed by atoms with Crippen molar-refractivity contribution in [2.45, 2.75) is 0 Å². The zero-order valence-corrected chi connectivity index (χ0v) is 13.3. The van der Waals surface area contributed by atoms with Crippen molar-refractivity contribution in [2.24, 2.45) is 5.10 Å². The monoisotopic (exact) mass is 360 g/mol. The van der Waals surface area contributed by atoms with E-state index in [1.165, 1.54) is 13.3 Å². The third-order valence-electron chi connectivity index (χ3n) is 2.82. The van der Waals surface area contributed by atoms with Gasteiger partial charge < -0.3 is 4.74 Å². The number of amides is 1. The first-order valence-electron chi connectivity index (χ1n) is 6.37. The van der Waals surface area contributed by atoms with Gasteiger partial charge in [-0.05, 0) is 42.0 Å². The van der Waals surface area contributed by atoms with Gasteiger partial charge in [-0.1, -0.05) is 28.1 Å². The fraction of sp³-hybridized carbons (Fsp3) is 0.0625. The average Bonchev–Trinajstić information content (AvgIpc) is 2.55. The van der Waals surface area contributed by atoms with Crippen molar-refractivity contribution in [1.82, 2.24) is 5.43 Å². The summed E-state index contributed by atoms with van der Waals surface area (Å²) in [4.78, 5) is 23.1. The molecule has 1 amide bonds. The van der Waals surface area contributed by atoms with E-state index in [9.17, 15) is 9.59 Å². The molecular formula is C16H13BrN2O3. The summed E-state index contributed by atoms with van der Waals surface area (Å²) in [6.07, 6.45) is 1.50. The van der Waals surface area contributed by atoms with Crippen LogP contribution in [-0.2, 0) is 4.74 Å². The predicted molar refractivity (Wildman–Crippen MR) is 87.0 cm³/mol. The van der Waals surface area contributed by atoms with Gasteiger partial charge in [-0.15, -0.1) is 0 Å². The number of methoxy groups -OCH3 is 1. The van der Waals surface area contributed by atoms with Crippen molar-refractivity contribution >= 4 is 34.0 Å². The number of nitrogens with zero attached hydrogens (tertiary/aromatic N) is 1. The molecule has 2 aromatic carbocycles. The summed E-state index contributed by atoms with van der Waals surface area (Å²) in [5, 5.41) is 3.88. The highest BCUT2D eigenvalue weighted by Crippen LogP contribution is 2.10. The van der Waals surface area contributed by atoms with E-state index < -0.39 is 5.97 Å². The molecule has 0 saturated heterocycles. The normalized spacial score (nSPS) is 10.5. The highest BCUT2D eigenvalue weighted by Gasteiger charge is 2.04. The van der Waals surface area contributed by atoms with Gasteiger partial charge in [-0.2, -0.15) is 5.10 Å². The molecule has 0 unspecified atom stereocenters. The second-order valence-electron chi connectivity index (χ2n) is 4.32. The molecule has 0 aliphatic rings. The second-order valence-corrected chi connectivity index (χ2v) is 5.24. The maximum absolute atomic E-state index is 11.8. The van der Waals surface area contributed by atoms with Crippen LogP contribution in [0.5, 0.6) is 0 Å². The summed E-state index contributed by atoms with van der Waals surface area (Å²) >= 11 is 3.30. The molecule has 0 bridgehead atoms. The summed E-state index contributed by atoms with van der Waals surface area (Å²) < 4.78 is 5.51. The van der Waals surface area contributed by atoms with E-state index in [2.05, 4.69) is 31.2 Å². The highest BCUT2D eigenvalue weighted by molar-refractivity contribution is 9.10. The maximum Gasteiger partial charge on any atom is 0.337 e. The molecule has 5 nitrogen and oxygen atoms in total. The van der Waals surface area contributed by atoms with Gasteiger partial charge >= 0.3 is 5.97 Å². The summed E-state index contributed by atoms with van der Waals surface area (Å²) in [5.74, 6) is -0.693. The van der Waals surface area contributed by atoms with Gasteiger partial charge in [-0.3, -0.25) is 4.79 Å². The molecule has 0 fully saturated rings. The molecule has 2 aromatic rings. The zero-order chi connectivity index (χ0) is 15.9. The van der Waals surface area contributed by atoms with E-state index >= 15 is 0 Å². The minimum atomic E-state index is -0.396. The Balaban J connectivity index is 1.96. The van der Waals surface area contributed by atoms with Crippen LogP contribution in [0.15, 0.2) is 58.1 Å². The van der Waals surface area contributed by atoms with Crippen LogP contribution in [0.25, 0.3) is 0 Å². The van der Waals surface area contributed by atoms with Crippen molar-refractivity contribution in [2.75, 3.05) is 7.11 Å². The fourth-order valence-corrected chi connectivity index (χ4v) is 1.92. The quantitative estimate of drug-likeness (QED) is 0.517. The molecule has 6 heteroatoms. The Hall–Kier alpha value is -2.47. The molecule has 0 saturated carbocycles. The van der Waals surface area contributed by atoms with Crippen molar-refractivity contribution < 1.29 is 14.3 Å². The summed E-state index contributed by atoms with van der Waals surface area (Å²) in [5.41, 5.74) is 4.16. The van der Waals surface area contributed by atoms with Gasteiger partial charge in [0.25, 0.3) is 5.91 Å². The van der Waals surface area contributed by atoms with Crippen LogP contribution in [0, 0.1) is 0 Å². The highest BCUT2D eigenvalue weighted by atomic mass is 79.9. The van der Waals surface area contributed by atoms with E-state index in [1.807, 2.05) is 0 Å². The largest absolute Gasteiger partial charge is 0.465 e. The average molecular weight is 361 g/mol. The summed E-state index contributed by atoms with van der Waals surface area (Å²) in [6.45, 7) is 0. The number of hydrazone groups is 1. The number of esters is 1. The fourth-order valence-electron chi connectivity index (χ4n) is 1.65. The number of ether oxygens (including phenoxy) is 1. The van der Waals surface area contributed by atoms with Crippen molar-refractivity contribution in [3.63, 3.8) is 0 Å². The third-order valence-corrected chi connectivity index (χ3v) is 3.35. The lowest BCUT2D eigenvalue weighted by molar-refractivity contribution is 0.0600. The van der Waals surface area contributed by atoms with E-state index in [1.54, 1.807) is 48.5 Å². The number of benzene rings is 2. The second kappa shape index (κ2) is 7.51. The van der Waals surface area contributed by atoms with E-state index in [0.29, 0.717) is 11.1 Å². The molecule has 22 heavy (non-hydrogen) atoms. The van der Waals surface area contributed by atoms with Crippen LogP contribution in [-0.4, -0.2) is 25.2 Å². The van der Waals surface area contributed by atoms with Crippen LogP contribution < -0.4 is 5.43 Å². The van der Waals surface area contributed by atoms with Gasteiger partial charge in [0.2, 0.25) is 0 Å². The molecule has 1 N–H and O–H groups in total. The smallest absolute Gasteiger partial charge is 0.337 e. The Bertz CT molecular complexity index is 694. The molecule has 0 aliphatic carbocycles. The first kappa shape index (κ1) is 15.9. The van der Waals surface area contributed by atoms with Crippen molar-refractivity contribution in [3.05, 3.63) is 69.7 Å². The molecule has 2 rings (SSSR count). The molecule has 0 aromatic heterocycles. The standard InChI is InChI=1S/C16H13BrN2O3/c1-22-16(21)13-4-2-11(3-5-13)10-18-19-15(20)12-6-8-14(17)9-7-12/h2-10H,1H3,(H,19,20)/b18-10+. The predicted octanol–water partition coefficient (Wildman–Crippen LogP) is 3.00. The molecule has 0 aliphatic heterocycles. The minimum absolute atomic E-state index is 0.296. The number of rotatable bonds is 4. The van der Waals surface area contributed by atoms with Gasteiger partial charge in [0.05, 0.1) is 18.9 Å². The van der Waals surface area contributed by atoms with Crippen molar-refractivity contribution in [3.8, 4) is 0 Å². The third kappa shape index (κ3) is 4.26. The number of halogens is 1. The first-order valence-corrected chi connectivity index (χ1v) is 7.17. The lowest BCUT2D eigenvalue weighted by Crippen LogP contribution is -2.17. The topological polar surface area (TPSA) is 67.8 Å². The Kier molecular flexibility index (Phi) is 5.43. The minimum Gasteiger partial charge on any atom is -0.465 e. The van der Waals surface area contributed by atoms with Crippen molar-refractivity contribution in [1.29, 1.82) is 0 Å². The Labute approximate surface area is 136 Å². The molecule has 0 spiro atoms. The van der Waals surface area contributed by atoms with E-state index in [-0.39, 0.29) is 5.91 Å². The van der Waals surface area contributed by atoms with Gasteiger partial charge in [0.15, 0.2) is 0 Å². The zero-order valence-electron chi connectivity index (χ0n) is 11.7. The number of carbonyl (C=O) groups is 2. The molecule has 0 radical (unpaired) electrons. The molecule has 0 atom stereocenters. The van der Waals surface area contributed by atoms with E-state index in [0.717, 1.165) is 10.0 Å². The number of carbonyl (C=O) groups excluding carboxylic acids is 2. The summed E-state index contributed by atoms with van der Waals surface area (Å²) in [6, 6.07) is 13.6. The van der Waals surface area contributed by atoms with Crippen LogP contribution in [0.1, 0.15) is 26.3 Å². The van der Waals surface area contributed by atoms with Gasteiger partial charge in [0.1, 0.15) is 0 Å². The lowest BCUT2D eigenvalue weighted by Gasteiger charge is -2.01. The van der Waals surface area contributed by atoms with Gasteiger partial charge in [0, 0.05) is 10.0 Å². The Morgan fingerprint density at radius 3 is 2.23 bits per heavy atom. The molecule has 112 valence electrons. The number of nitrogens with one attached hydrogen (secondary N) is 1. The van der Waals surface area contributed by atoms with E-state index in [4.69, 9.17) is 0 Å². The van der Waals surface area contributed by atoms with Crippen LogP contribution in [0.2, 0.25) is 0 Å². The summed E-state index contributed by atoms with van der Waals surface area (Å²) in [7, 11) is 1.33. The number of hydrogen-bond donors (Lipinski definition) is 1. The SMILES string of the molecule is COC(=O)c1ccc(/C=N/NC(=O)c2ccc(Br)cc2)cc1. The number of hydrogen-bond acceptors (Lipinski definition) is 4. The maximum atomic E-state index is 11.8.